The van der Waals surface area contributed by atoms with E-state index in [1.54, 1.807) is 6.20 Å². The van der Waals surface area contributed by atoms with Gasteiger partial charge in [-0.25, -0.2) is 4.98 Å². The molecular weight excluding hydrogens is 204 g/mol. The monoisotopic (exact) mass is 220 g/mol. The first-order valence-corrected chi connectivity index (χ1v) is 5.45. The minimum absolute atomic E-state index is 0.378. The van der Waals surface area contributed by atoms with Gasteiger partial charge in [-0.05, 0) is 13.8 Å². The molecule has 0 atom stereocenters. The summed E-state index contributed by atoms with van der Waals surface area (Å²) >= 11 is 0. The molecule has 2 aromatic rings. The molecule has 0 radical (unpaired) electrons. The molecule has 0 spiro atoms. The Morgan fingerprint density at radius 2 is 2.06 bits per heavy atom. The van der Waals surface area contributed by atoms with E-state index in [9.17, 15) is 0 Å². The Labute approximate surface area is 94.1 Å². The average molecular weight is 220 g/mol. The lowest BCUT2D eigenvalue weighted by atomic mass is 10.4. The van der Waals surface area contributed by atoms with Crippen molar-refractivity contribution >= 4 is 11.5 Å². The van der Waals surface area contributed by atoms with Crippen LogP contribution in [0, 0.1) is 0 Å². The van der Waals surface area contributed by atoms with E-state index in [-0.39, 0.29) is 0 Å². The number of nitrogens with two attached hydrogens (primary N) is 1. The van der Waals surface area contributed by atoms with Crippen LogP contribution in [0.4, 0.5) is 5.82 Å². The number of nitrogens with zero attached hydrogens (tertiary/aromatic N) is 5. The third-order valence-electron chi connectivity index (χ3n) is 2.62. The molecule has 2 rings (SSSR count). The zero-order valence-electron chi connectivity index (χ0n) is 9.59. The van der Waals surface area contributed by atoms with Gasteiger partial charge in [0.25, 0.3) is 0 Å². The minimum Gasteiger partial charge on any atom is -0.354 e. The van der Waals surface area contributed by atoms with E-state index in [0.717, 1.165) is 30.4 Å². The number of hydrogen-bond acceptors (Lipinski definition) is 5. The zero-order chi connectivity index (χ0) is 11.5. The second kappa shape index (κ2) is 4.44. The van der Waals surface area contributed by atoms with Crippen molar-refractivity contribution in [3.05, 3.63) is 18.2 Å². The van der Waals surface area contributed by atoms with Gasteiger partial charge in [-0.15, -0.1) is 10.2 Å². The van der Waals surface area contributed by atoms with Crippen molar-refractivity contribution in [1.82, 2.24) is 19.6 Å². The second-order valence-corrected chi connectivity index (χ2v) is 3.44. The van der Waals surface area contributed by atoms with Crippen LogP contribution in [0.2, 0.25) is 0 Å². The first-order chi connectivity index (χ1) is 7.81. The van der Waals surface area contributed by atoms with Gasteiger partial charge in [0, 0.05) is 25.5 Å². The van der Waals surface area contributed by atoms with Crippen molar-refractivity contribution in [2.75, 3.05) is 18.0 Å². The van der Waals surface area contributed by atoms with Gasteiger partial charge in [0.2, 0.25) is 5.65 Å². The van der Waals surface area contributed by atoms with Gasteiger partial charge in [-0.1, -0.05) is 0 Å². The molecule has 6 heteroatoms. The largest absolute Gasteiger partial charge is 0.354 e. The molecule has 2 N–H and O–H groups in total. The number of hydrogen-bond donors (Lipinski definition) is 1. The van der Waals surface area contributed by atoms with Crippen molar-refractivity contribution in [3.63, 3.8) is 0 Å². The molecular formula is C10H16N6. The van der Waals surface area contributed by atoms with Gasteiger partial charge in [0.05, 0.1) is 6.54 Å². The van der Waals surface area contributed by atoms with E-state index in [0.29, 0.717) is 6.54 Å². The van der Waals surface area contributed by atoms with Crippen LogP contribution in [0.25, 0.3) is 5.65 Å². The van der Waals surface area contributed by atoms with Gasteiger partial charge in [-0.2, -0.15) is 0 Å². The fourth-order valence-corrected chi connectivity index (χ4v) is 1.75. The van der Waals surface area contributed by atoms with Crippen LogP contribution in [-0.2, 0) is 6.54 Å². The first kappa shape index (κ1) is 10.8. The molecule has 16 heavy (non-hydrogen) atoms. The Bertz CT molecular complexity index is 473. The highest BCUT2D eigenvalue weighted by Gasteiger charge is 2.12. The Morgan fingerprint density at radius 1 is 1.31 bits per heavy atom. The number of rotatable bonds is 4. The van der Waals surface area contributed by atoms with Gasteiger partial charge >= 0.3 is 0 Å². The molecule has 0 saturated heterocycles. The number of fused-ring (bicyclic) bond motifs is 1. The SMILES string of the molecule is CCN(CC)c1nccn2c(CN)nnc12. The van der Waals surface area contributed by atoms with E-state index >= 15 is 0 Å². The Balaban J connectivity index is 2.57. The highest BCUT2D eigenvalue weighted by atomic mass is 15.3. The van der Waals surface area contributed by atoms with Crippen molar-refractivity contribution in [2.24, 2.45) is 5.73 Å². The molecule has 6 nitrogen and oxygen atoms in total. The maximum Gasteiger partial charge on any atom is 0.203 e. The van der Waals surface area contributed by atoms with Crippen molar-refractivity contribution in [1.29, 1.82) is 0 Å². The fraction of sp³-hybridized carbons (Fsp3) is 0.500. The normalized spacial score (nSPS) is 10.9. The molecule has 0 unspecified atom stereocenters. The predicted molar refractivity (Wildman–Crippen MR) is 62.2 cm³/mol. The van der Waals surface area contributed by atoms with Crippen LogP contribution in [0.3, 0.4) is 0 Å². The summed E-state index contributed by atoms with van der Waals surface area (Å²) in [5.41, 5.74) is 6.36. The summed E-state index contributed by atoms with van der Waals surface area (Å²) in [6.07, 6.45) is 3.59. The molecule has 0 fully saturated rings. The number of anilines is 1. The topological polar surface area (TPSA) is 72.3 Å². The Kier molecular flexibility index (Phi) is 3.00. The molecule has 2 aromatic heterocycles. The maximum absolute atomic E-state index is 5.59. The minimum atomic E-state index is 0.378. The lowest BCUT2D eigenvalue weighted by Gasteiger charge is -2.19. The smallest absolute Gasteiger partial charge is 0.203 e. The van der Waals surface area contributed by atoms with Crippen LogP contribution in [-0.4, -0.2) is 32.7 Å². The highest BCUT2D eigenvalue weighted by molar-refractivity contribution is 5.63. The summed E-state index contributed by atoms with van der Waals surface area (Å²) in [7, 11) is 0. The molecule has 0 bridgehead atoms. The summed E-state index contributed by atoms with van der Waals surface area (Å²) < 4.78 is 1.89. The summed E-state index contributed by atoms with van der Waals surface area (Å²) in [6.45, 7) is 6.36. The van der Waals surface area contributed by atoms with Gasteiger partial charge in [0.1, 0.15) is 0 Å². The summed E-state index contributed by atoms with van der Waals surface area (Å²) in [6, 6.07) is 0. The van der Waals surface area contributed by atoms with E-state index in [1.807, 2.05) is 10.6 Å². The van der Waals surface area contributed by atoms with E-state index in [2.05, 4.69) is 33.9 Å². The Hall–Kier alpha value is -1.69. The average Bonchev–Trinajstić information content (AvgIpc) is 2.74. The van der Waals surface area contributed by atoms with Crippen molar-refractivity contribution < 1.29 is 0 Å². The van der Waals surface area contributed by atoms with Gasteiger partial charge in [0.15, 0.2) is 11.6 Å². The standard InChI is InChI=1S/C10H16N6/c1-3-15(4-2)9-10-14-13-8(7-11)16(10)6-5-12-9/h5-6H,3-4,7,11H2,1-2H3. The fourth-order valence-electron chi connectivity index (χ4n) is 1.75. The summed E-state index contributed by atoms with van der Waals surface area (Å²) in [5.74, 6) is 1.62. The second-order valence-electron chi connectivity index (χ2n) is 3.44. The van der Waals surface area contributed by atoms with E-state index in [1.165, 1.54) is 0 Å². The van der Waals surface area contributed by atoms with E-state index < -0.39 is 0 Å². The lowest BCUT2D eigenvalue weighted by Crippen LogP contribution is -2.23. The van der Waals surface area contributed by atoms with Crippen LogP contribution in [0.5, 0.6) is 0 Å². The molecule has 0 aliphatic rings. The lowest BCUT2D eigenvalue weighted by molar-refractivity contribution is 0.838. The molecule has 0 amide bonds. The van der Waals surface area contributed by atoms with Gasteiger partial charge in [-0.3, -0.25) is 4.40 Å². The number of aromatic nitrogens is 4. The van der Waals surface area contributed by atoms with Crippen molar-refractivity contribution in [3.8, 4) is 0 Å². The van der Waals surface area contributed by atoms with Gasteiger partial charge < -0.3 is 10.6 Å². The third kappa shape index (κ3) is 1.61. The third-order valence-corrected chi connectivity index (χ3v) is 2.62. The Morgan fingerprint density at radius 3 is 2.69 bits per heavy atom. The summed E-state index contributed by atoms with van der Waals surface area (Å²) in [5, 5.41) is 8.18. The molecule has 86 valence electrons. The highest BCUT2D eigenvalue weighted by Crippen LogP contribution is 2.16. The molecule has 0 aliphatic heterocycles. The molecule has 0 saturated carbocycles. The summed E-state index contributed by atoms with van der Waals surface area (Å²) in [4.78, 5) is 6.50. The molecule has 0 aromatic carbocycles. The van der Waals surface area contributed by atoms with Crippen LogP contribution in [0.15, 0.2) is 12.4 Å². The van der Waals surface area contributed by atoms with E-state index in [4.69, 9.17) is 5.73 Å². The van der Waals surface area contributed by atoms with Crippen LogP contribution < -0.4 is 10.6 Å². The maximum atomic E-state index is 5.59. The molecule has 0 aliphatic carbocycles. The predicted octanol–water partition coefficient (Wildman–Crippen LogP) is 0.429. The zero-order valence-corrected chi connectivity index (χ0v) is 9.59. The van der Waals surface area contributed by atoms with Crippen LogP contribution in [0.1, 0.15) is 19.7 Å². The first-order valence-electron chi connectivity index (χ1n) is 5.45. The quantitative estimate of drug-likeness (QED) is 0.809. The molecule has 2 heterocycles. The van der Waals surface area contributed by atoms with Crippen molar-refractivity contribution in [2.45, 2.75) is 20.4 Å². The van der Waals surface area contributed by atoms with Crippen LogP contribution >= 0.6 is 0 Å².